The number of carbonyl (C=O) groups is 2. The standard InChI is InChI=1S/C26H23F3N6O2S/c27-26(28,29)22-4-2-19(14-31-22)35-7-5-17-13-18(1-3-21(17)35)24(36)34-15-20(16-34)32-8-10-33(11-9-32)25(37)23-30-6-12-38-23/h1-7,12-14,20H,8-11,15-16H2. The van der Waals surface area contributed by atoms with Crippen molar-refractivity contribution >= 4 is 34.1 Å². The van der Waals surface area contributed by atoms with Gasteiger partial charge in [0.25, 0.3) is 11.8 Å². The predicted octanol–water partition coefficient (Wildman–Crippen LogP) is 3.78. The molecular weight excluding hydrogens is 517 g/mol. The summed E-state index contributed by atoms with van der Waals surface area (Å²) in [4.78, 5) is 39.2. The summed E-state index contributed by atoms with van der Waals surface area (Å²) in [7, 11) is 0. The zero-order valence-electron chi connectivity index (χ0n) is 20.1. The van der Waals surface area contributed by atoms with Gasteiger partial charge in [-0.05, 0) is 36.4 Å². The van der Waals surface area contributed by atoms with Gasteiger partial charge in [-0.3, -0.25) is 14.5 Å². The number of likely N-dealkylation sites (tertiary alicyclic amines) is 1. The van der Waals surface area contributed by atoms with Crippen LogP contribution in [0.1, 0.15) is 25.9 Å². The van der Waals surface area contributed by atoms with Crippen LogP contribution in [0.2, 0.25) is 0 Å². The molecule has 0 atom stereocenters. The van der Waals surface area contributed by atoms with Gasteiger partial charge >= 0.3 is 6.18 Å². The minimum absolute atomic E-state index is 0.0242. The third kappa shape index (κ3) is 4.54. The molecule has 0 N–H and O–H groups in total. The van der Waals surface area contributed by atoms with Crippen LogP contribution in [-0.4, -0.2) is 86.4 Å². The molecule has 0 saturated carbocycles. The summed E-state index contributed by atoms with van der Waals surface area (Å²) < 4.78 is 40.2. The first-order valence-electron chi connectivity index (χ1n) is 12.1. The van der Waals surface area contributed by atoms with Crippen LogP contribution >= 0.6 is 11.3 Å². The fraction of sp³-hybridized carbons (Fsp3) is 0.308. The smallest absolute Gasteiger partial charge is 0.335 e. The summed E-state index contributed by atoms with van der Waals surface area (Å²) in [6.45, 7) is 4.09. The van der Waals surface area contributed by atoms with E-state index in [1.54, 1.807) is 34.5 Å². The Balaban J connectivity index is 1.06. The highest BCUT2D eigenvalue weighted by atomic mass is 32.1. The minimum Gasteiger partial charge on any atom is -0.335 e. The van der Waals surface area contributed by atoms with Crippen LogP contribution in [0.4, 0.5) is 13.2 Å². The molecule has 2 amide bonds. The van der Waals surface area contributed by atoms with Gasteiger partial charge in [-0.25, -0.2) is 9.97 Å². The molecule has 0 aliphatic carbocycles. The average Bonchev–Trinajstić information content (AvgIpc) is 3.57. The first-order valence-corrected chi connectivity index (χ1v) is 13.0. The van der Waals surface area contributed by atoms with E-state index in [4.69, 9.17) is 0 Å². The van der Waals surface area contributed by atoms with Crippen molar-refractivity contribution in [3.8, 4) is 5.69 Å². The van der Waals surface area contributed by atoms with Crippen molar-refractivity contribution in [2.45, 2.75) is 12.2 Å². The van der Waals surface area contributed by atoms with Crippen molar-refractivity contribution in [2.75, 3.05) is 39.3 Å². The summed E-state index contributed by atoms with van der Waals surface area (Å²) in [6, 6.07) is 9.79. The number of benzene rings is 1. The second kappa shape index (κ2) is 9.52. The quantitative estimate of drug-likeness (QED) is 0.394. The van der Waals surface area contributed by atoms with Gasteiger partial charge < -0.3 is 14.4 Å². The molecule has 12 heteroatoms. The van der Waals surface area contributed by atoms with Gasteiger partial charge in [-0.1, -0.05) is 0 Å². The van der Waals surface area contributed by atoms with Gasteiger partial charge in [0.2, 0.25) is 0 Å². The number of pyridine rings is 1. The van der Waals surface area contributed by atoms with Gasteiger partial charge in [-0.15, -0.1) is 11.3 Å². The molecule has 0 bridgehead atoms. The summed E-state index contributed by atoms with van der Waals surface area (Å²) in [6.07, 6.45) is 0.0913. The monoisotopic (exact) mass is 540 g/mol. The van der Waals surface area contributed by atoms with Crippen molar-refractivity contribution in [2.24, 2.45) is 0 Å². The Morgan fingerprint density at radius 1 is 0.921 bits per heavy atom. The van der Waals surface area contributed by atoms with E-state index in [0.29, 0.717) is 42.4 Å². The van der Waals surface area contributed by atoms with Crippen LogP contribution in [0.25, 0.3) is 16.6 Å². The van der Waals surface area contributed by atoms with E-state index < -0.39 is 11.9 Å². The molecule has 0 spiro atoms. The number of nitrogens with zero attached hydrogens (tertiary/aromatic N) is 6. The van der Waals surface area contributed by atoms with Crippen LogP contribution in [0, 0.1) is 0 Å². The summed E-state index contributed by atoms with van der Waals surface area (Å²) in [5.74, 6) is -0.0754. The van der Waals surface area contributed by atoms with Crippen LogP contribution in [0.15, 0.2) is 60.4 Å². The molecule has 5 heterocycles. The molecule has 2 aliphatic rings. The number of alkyl halides is 3. The number of hydrogen-bond donors (Lipinski definition) is 0. The largest absolute Gasteiger partial charge is 0.433 e. The highest BCUT2D eigenvalue weighted by Gasteiger charge is 2.37. The van der Waals surface area contributed by atoms with Crippen LogP contribution in [0.3, 0.4) is 0 Å². The van der Waals surface area contributed by atoms with Gasteiger partial charge in [0.1, 0.15) is 5.69 Å². The summed E-state index contributed by atoms with van der Waals surface area (Å²) in [5, 5.41) is 3.13. The molecule has 4 aromatic rings. The minimum atomic E-state index is -4.49. The van der Waals surface area contributed by atoms with Gasteiger partial charge in [0, 0.05) is 74.0 Å². The van der Waals surface area contributed by atoms with E-state index in [9.17, 15) is 22.8 Å². The number of hydrogen-bond acceptors (Lipinski definition) is 6. The first-order chi connectivity index (χ1) is 18.3. The number of piperazine rings is 1. The fourth-order valence-electron chi connectivity index (χ4n) is 4.99. The highest BCUT2D eigenvalue weighted by molar-refractivity contribution is 7.11. The van der Waals surface area contributed by atoms with Crippen LogP contribution in [-0.2, 0) is 6.18 Å². The number of halogens is 3. The molecular formula is C26H23F3N6O2S. The fourth-order valence-corrected chi connectivity index (χ4v) is 5.59. The van der Waals surface area contributed by atoms with Gasteiger partial charge in [-0.2, -0.15) is 13.2 Å². The van der Waals surface area contributed by atoms with E-state index in [0.717, 1.165) is 30.1 Å². The van der Waals surface area contributed by atoms with Crippen molar-refractivity contribution in [3.05, 3.63) is 76.6 Å². The van der Waals surface area contributed by atoms with E-state index in [1.807, 2.05) is 21.9 Å². The Hall–Kier alpha value is -3.77. The lowest BCUT2D eigenvalue weighted by Crippen LogP contribution is -2.64. The van der Waals surface area contributed by atoms with Gasteiger partial charge in [0.15, 0.2) is 5.01 Å². The van der Waals surface area contributed by atoms with Crippen molar-refractivity contribution in [1.29, 1.82) is 0 Å². The number of thiazole rings is 1. The van der Waals surface area contributed by atoms with Crippen LogP contribution in [0.5, 0.6) is 0 Å². The molecule has 2 fully saturated rings. The Morgan fingerprint density at radius 3 is 2.37 bits per heavy atom. The Bertz CT molecular complexity index is 1470. The number of carbonyl (C=O) groups excluding carboxylic acids is 2. The van der Waals surface area contributed by atoms with E-state index in [-0.39, 0.29) is 17.9 Å². The average molecular weight is 541 g/mol. The third-order valence-corrected chi connectivity index (χ3v) is 7.90. The zero-order valence-corrected chi connectivity index (χ0v) is 21.0. The lowest BCUT2D eigenvalue weighted by Gasteiger charge is -2.48. The van der Waals surface area contributed by atoms with Crippen molar-refractivity contribution in [1.82, 2.24) is 29.2 Å². The van der Waals surface area contributed by atoms with Gasteiger partial charge in [0.05, 0.1) is 17.4 Å². The van der Waals surface area contributed by atoms with E-state index in [1.165, 1.54) is 23.6 Å². The molecule has 0 unspecified atom stereocenters. The second-order valence-electron chi connectivity index (χ2n) is 9.39. The number of fused-ring (bicyclic) bond motifs is 1. The summed E-state index contributed by atoms with van der Waals surface area (Å²) >= 11 is 1.35. The first kappa shape index (κ1) is 24.6. The maximum atomic E-state index is 13.1. The number of amides is 2. The molecule has 2 aliphatic heterocycles. The normalized spacial score (nSPS) is 17.1. The molecule has 3 aromatic heterocycles. The molecule has 38 heavy (non-hydrogen) atoms. The Morgan fingerprint density at radius 2 is 1.71 bits per heavy atom. The van der Waals surface area contributed by atoms with Crippen LogP contribution < -0.4 is 0 Å². The zero-order chi connectivity index (χ0) is 26.4. The van der Waals surface area contributed by atoms with Crippen molar-refractivity contribution in [3.63, 3.8) is 0 Å². The lowest BCUT2D eigenvalue weighted by atomic mass is 10.0. The second-order valence-corrected chi connectivity index (χ2v) is 10.3. The molecule has 2 saturated heterocycles. The molecule has 196 valence electrons. The predicted molar refractivity (Wildman–Crippen MR) is 135 cm³/mol. The number of aromatic nitrogens is 3. The maximum absolute atomic E-state index is 13.1. The number of rotatable bonds is 4. The lowest BCUT2D eigenvalue weighted by molar-refractivity contribution is -0.141. The summed E-state index contributed by atoms with van der Waals surface area (Å²) in [5.41, 5.74) is 0.906. The topological polar surface area (TPSA) is 74.6 Å². The molecule has 1 aromatic carbocycles. The molecule has 8 nitrogen and oxygen atoms in total. The Labute approximate surface area is 219 Å². The molecule has 0 radical (unpaired) electrons. The third-order valence-electron chi connectivity index (χ3n) is 7.14. The van der Waals surface area contributed by atoms with E-state index >= 15 is 0 Å². The maximum Gasteiger partial charge on any atom is 0.433 e. The molecule has 6 rings (SSSR count). The SMILES string of the molecule is O=C(c1ccc2c(ccn2-c2ccc(C(F)(F)F)nc2)c1)N1CC(N2CCN(C(=O)c3nccs3)CC2)C1. The highest BCUT2D eigenvalue weighted by Crippen LogP contribution is 2.29. The van der Waals surface area contributed by atoms with E-state index in [2.05, 4.69) is 14.9 Å². The Kier molecular flexibility index (Phi) is 6.15. The van der Waals surface area contributed by atoms with Crippen molar-refractivity contribution < 1.29 is 22.8 Å².